The third kappa shape index (κ3) is 2.19. The number of carbonyl (C=O) groups excluding carboxylic acids is 1. The summed E-state index contributed by atoms with van der Waals surface area (Å²) < 4.78 is 0. The monoisotopic (exact) mass is 157 g/mol. The van der Waals surface area contributed by atoms with Crippen molar-refractivity contribution in [2.75, 3.05) is 13.2 Å². The van der Waals surface area contributed by atoms with Crippen LogP contribution in [0.5, 0.6) is 0 Å². The van der Waals surface area contributed by atoms with Gasteiger partial charge in [0.1, 0.15) is 0 Å². The second kappa shape index (κ2) is 3.72. The number of hydrogen-bond acceptors (Lipinski definition) is 2. The van der Waals surface area contributed by atoms with Crippen LogP contribution >= 0.6 is 0 Å². The summed E-state index contributed by atoms with van der Waals surface area (Å²) in [6, 6.07) is 0.439. The predicted molar refractivity (Wildman–Crippen MR) is 42.1 cm³/mol. The SMILES string of the molecule is CCC(=O)N(CCO)C1CC1. The summed E-state index contributed by atoms with van der Waals surface area (Å²) in [6.45, 7) is 2.45. The van der Waals surface area contributed by atoms with Crippen molar-refractivity contribution in [3.8, 4) is 0 Å². The van der Waals surface area contributed by atoms with Gasteiger partial charge in [0.15, 0.2) is 0 Å². The van der Waals surface area contributed by atoms with Crippen molar-refractivity contribution in [3.63, 3.8) is 0 Å². The van der Waals surface area contributed by atoms with Crippen LogP contribution in [-0.4, -0.2) is 35.1 Å². The predicted octanol–water partition coefficient (Wildman–Crippen LogP) is 0.380. The molecule has 0 heterocycles. The van der Waals surface area contributed by atoms with E-state index in [-0.39, 0.29) is 12.5 Å². The van der Waals surface area contributed by atoms with Gasteiger partial charge in [-0.15, -0.1) is 0 Å². The number of hydrogen-bond donors (Lipinski definition) is 1. The second-order valence-electron chi connectivity index (χ2n) is 2.90. The minimum absolute atomic E-state index is 0.0856. The van der Waals surface area contributed by atoms with Crippen LogP contribution in [-0.2, 0) is 4.79 Å². The maximum Gasteiger partial charge on any atom is 0.222 e. The molecule has 0 aliphatic heterocycles. The molecular formula is C8H15NO2. The lowest BCUT2D eigenvalue weighted by molar-refractivity contribution is -0.131. The van der Waals surface area contributed by atoms with Gasteiger partial charge in [-0.2, -0.15) is 0 Å². The molecule has 0 radical (unpaired) electrons. The fraction of sp³-hybridized carbons (Fsp3) is 0.875. The molecule has 1 aliphatic carbocycles. The molecule has 64 valence electrons. The first kappa shape index (κ1) is 8.53. The average molecular weight is 157 g/mol. The number of aliphatic hydroxyl groups is 1. The molecule has 0 spiro atoms. The molecule has 3 nitrogen and oxygen atoms in total. The summed E-state index contributed by atoms with van der Waals surface area (Å²) in [5.41, 5.74) is 0. The van der Waals surface area contributed by atoms with E-state index in [1.807, 2.05) is 6.92 Å². The molecule has 1 N–H and O–H groups in total. The molecule has 1 amide bonds. The van der Waals surface area contributed by atoms with Crippen molar-refractivity contribution in [2.45, 2.75) is 32.2 Å². The molecule has 3 heteroatoms. The van der Waals surface area contributed by atoms with E-state index >= 15 is 0 Å². The molecule has 11 heavy (non-hydrogen) atoms. The zero-order valence-electron chi connectivity index (χ0n) is 6.92. The van der Waals surface area contributed by atoms with E-state index in [4.69, 9.17) is 5.11 Å². The van der Waals surface area contributed by atoms with Gasteiger partial charge in [0.2, 0.25) is 5.91 Å². The third-order valence-corrected chi connectivity index (χ3v) is 1.95. The topological polar surface area (TPSA) is 40.5 Å². The van der Waals surface area contributed by atoms with Crippen LogP contribution in [0.15, 0.2) is 0 Å². The molecule has 0 aromatic heterocycles. The molecule has 0 aromatic carbocycles. The van der Waals surface area contributed by atoms with Crippen molar-refractivity contribution in [1.29, 1.82) is 0 Å². The van der Waals surface area contributed by atoms with E-state index in [2.05, 4.69) is 0 Å². The zero-order valence-corrected chi connectivity index (χ0v) is 6.92. The smallest absolute Gasteiger partial charge is 0.222 e. The van der Waals surface area contributed by atoms with E-state index in [0.29, 0.717) is 19.0 Å². The Kier molecular flexibility index (Phi) is 2.88. The van der Waals surface area contributed by atoms with Gasteiger partial charge in [-0.1, -0.05) is 6.92 Å². The number of carbonyl (C=O) groups is 1. The molecule has 1 aliphatic rings. The van der Waals surface area contributed by atoms with Crippen LogP contribution in [0.25, 0.3) is 0 Å². The minimum Gasteiger partial charge on any atom is -0.395 e. The average Bonchev–Trinajstić information content (AvgIpc) is 2.81. The highest BCUT2D eigenvalue weighted by atomic mass is 16.3. The van der Waals surface area contributed by atoms with Crippen LogP contribution in [0, 0.1) is 0 Å². The molecule has 0 saturated heterocycles. The lowest BCUT2D eigenvalue weighted by Crippen LogP contribution is -2.34. The van der Waals surface area contributed by atoms with Crippen molar-refractivity contribution in [3.05, 3.63) is 0 Å². The van der Waals surface area contributed by atoms with Crippen molar-refractivity contribution in [1.82, 2.24) is 4.90 Å². The molecule has 1 fully saturated rings. The fourth-order valence-corrected chi connectivity index (χ4v) is 1.21. The molecule has 1 saturated carbocycles. The standard InChI is InChI=1S/C8H15NO2/c1-2-8(11)9(5-6-10)7-3-4-7/h7,10H,2-6H2,1H3. The summed E-state index contributed by atoms with van der Waals surface area (Å²) in [5, 5.41) is 8.66. The van der Waals surface area contributed by atoms with Gasteiger partial charge in [-0.25, -0.2) is 0 Å². The van der Waals surface area contributed by atoms with Gasteiger partial charge >= 0.3 is 0 Å². The molecule has 0 unspecified atom stereocenters. The maximum absolute atomic E-state index is 11.2. The summed E-state index contributed by atoms with van der Waals surface area (Å²) in [6.07, 6.45) is 2.79. The molecule has 0 atom stereocenters. The number of nitrogens with zero attached hydrogens (tertiary/aromatic N) is 1. The molecule has 1 rings (SSSR count). The van der Waals surface area contributed by atoms with Crippen LogP contribution < -0.4 is 0 Å². The number of amides is 1. The summed E-state index contributed by atoms with van der Waals surface area (Å²) in [4.78, 5) is 13.0. The van der Waals surface area contributed by atoms with Crippen LogP contribution in [0.3, 0.4) is 0 Å². The first-order valence-electron chi connectivity index (χ1n) is 4.20. The Balaban J connectivity index is 2.37. The molecular weight excluding hydrogens is 142 g/mol. The van der Waals surface area contributed by atoms with Crippen molar-refractivity contribution >= 4 is 5.91 Å². The Morgan fingerprint density at radius 1 is 1.64 bits per heavy atom. The van der Waals surface area contributed by atoms with Crippen LogP contribution in [0.4, 0.5) is 0 Å². The fourth-order valence-electron chi connectivity index (χ4n) is 1.21. The van der Waals surface area contributed by atoms with Gasteiger partial charge < -0.3 is 10.0 Å². The number of rotatable bonds is 4. The number of aliphatic hydroxyl groups excluding tert-OH is 1. The Morgan fingerprint density at radius 2 is 2.27 bits per heavy atom. The Hall–Kier alpha value is -0.570. The summed E-state index contributed by atoms with van der Waals surface area (Å²) in [7, 11) is 0. The zero-order chi connectivity index (χ0) is 8.27. The third-order valence-electron chi connectivity index (χ3n) is 1.95. The van der Waals surface area contributed by atoms with Crippen molar-refractivity contribution < 1.29 is 9.90 Å². The molecule has 0 bridgehead atoms. The first-order valence-corrected chi connectivity index (χ1v) is 4.20. The summed E-state index contributed by atoms with van der Waals surface area (Å²) in [5.74, 6) is 0.168. The Morgan fingerprint density at radius 3 is 2.64 bits per heavy atom. The van der Waals surface area contributed by atoms with E-state index < -0.39 is 0 Å². The van der Waals surface area contributed by atoms with Gasteiger partial charge in [0.25, 0.3) is 0 Å². The van der Waals surface area contributed by atoms with Gasteiger partial charge in [-0.3, -0.25) is 4.79 Å². The van der Waals surface area contributed by atoms with Gasteiger partial charge in [-0.05, 0) is 12.8 Å². The second-order valence-corrected chi connectivity index (χ2v) is 2.90. The lowest BCUT2D eigenvalue weighted by Gasteiger charge is -2.20. The lowest BCUT2D eigenvalue weighted by atomic mass is 10.3. The first-order chi connectivity index (χ1) is 5.29. The highest BCUT2D eigenvalue weighted by Crippen LogP contribution is 2.26. The normalized spacial score (nSPS) is 16.5. The van der Waals surface area contributed by atoms with E-state index in [9.17, 15) is 4.79 Å². The van der Waals surface area contributed by atoms with E-state index in [1.54, 1.807) is 4.90 Å². The van der Waals surface area contributed by atoms with E-state index in [0.717, 1.165) is 12.8 Å². The largest absolute Gasteiger partial charge is 0.395 e. The summed E-state index contributed by atoms with van der Waals surface area (Å²) >= 11 is 0. The Labute approximate surface area is 67.0 Å². The van der Waals surface area contributed by atoms with Gasteiger partial charge in [0, 0.05) is 19.0 Å². The molecule has 0 aromatic rings. The quantitative estimate of drug-likeness (QED) is 0.641. The highest BCUT2D eigenvalue weighted by Gasteiger charge is 2.30. The minimum atomic E-state index is 0.0856. The Bertz CT molecular complexity index is 143. The van der Waals surface area contributed by atoms with E-state index in [1.165, 1.54) is 0 Å². The van der Waals surface area contributed by atoms with Crippen LogP contribution in [0.1, 0.15) is 26.2 Å². The van der Waals surface area contributed by atoms with Gasteiger partial charge in [0.05, 0.1) is 6.61 Å². The maximum atomic E-state index is 11.2. The van der Waals surface area contributed by atoms with Crippen LogP contribution in [0.2, 0.25) is 0 Å². The highest BCUT2D eigenvalue weighted by molar-refractivity contribution is 5.76. The van der Waals surface area contributed by atoms with Crippen molar-refractivity contribution in [2.24, 2.45) is 0 Å².